The molecule has 1 saturated heterocycles. The maximum atomic E-state index is 12.9. The fourth-order valence-corrected chi connectivity index (χ4v) is 3.25. The number of nitrogens with zero attached hydrogens (tertiary/aromatic N) is 2. The molecule has 0 bridgehead atoms. The van der Waals surface area contributed by atoms with Gasteiger partial charge in [0, 0.05) is 43.7 Å². The van der Waals surface area contributed by atoms with E-state index in [4.69, 9.17) is 14.2 Å². The third-order valence-electron chi connectivity index (χ3n) is 4.98. The SMILES string of the molecule is COc1ccc(NC(=NC[C@H]2CCCO2)NC(=O)c2cccc(N(C)C)c2)cc1OC. The molecule has 0 saturated carbocycles. The Morgan fingerprint density at radius 1 is 1.16 bits per heavy atom. The lowest BCUT2D eigenvalue weighted by atomic mass is 10.2. The maximum Gasteiger partial charge on any atom is 0.258 e. The molecule has 1 aliphatic heterocycles. The van der Waals surface area contributed by atoms with Crippen molar-refractivity contribution in [2.24, 2.45) is 4.99 Å². The summed E-state index contributed by atoms with van der Waals surface area (Å²) < 4.78 is 16.3. The summed E-state index contributed by atoms with van der Waals surface area (Å²) in [6.07, 6.45) is 2.06. The van der Waals surface area contributed by atoms with E-state index in [1.807, 2.05) is 43.3 Å². The number of hydrogen-bond donors (Lipinski definition) is 2. The van der Waals surface area contributed by atoms with Gasteiger partial charge in [-0.2, -0.15) is 0 Å². The molecule has 8 heteroatoms. The van der Waals surface area contributed by atoms with Crippen LogP contribution in [0.2, 0.25) is 0 Å². The van der Waals surface area contributed by atoms with Crippen molar-refractivity contribution in [3.05, 3.63) is 48.0 Å². The number of hydrogen-bond acceptors (Lipinski definition) is 6. The van der Waals surface area contributed by atoms with Crippen molar-refractivity contribution >= 4 is 23.2 Å². The van der Waals surface area contributed by atoms with Crippen molar-refractivity contribution in [3.8, 4) is 11.5 Å². The van der Waals surface area contributed by atoms with Crippen LogP contribution in [-0.4, -0.2) is 59.4 Å². The fourth-order valence-electron chi connectivity index (χ4n) is 3.25. The molecule has 1 amide bonds. The van der Waals surface area contributed by atoms with Crippen molar-refractivity contribution in [2.75, 3.05) is 51.7 Å². The Bertz CT molecular complexity index is 924. The fraction of sp³-hybridized carbons (Fsp3) is 0.391. The Labute approximate surface area is 183 Å². The van der Waals surface area contributed by atoms with Gasteiger partial charge in [0.1, 0.15) is 0 Å². The summed E-state index contributed by atoms with van der Waals surface area (Å²) in [4.78, 5) is 19.5. The summed E-state index contributed by atoms with van der Waals surface area (Å²) in [7, 11) is 7.03. The Kier molecular flexibility index (Phi) is 7.72. The normalized spacial score (nSPS) is 16.0. The zero-order valence-electron chi connectivity index (χ0n) is 18.5. The molecule has 0 aromatic heterocycles. The van der Waals surface area contributed by atoms with Crippen molar-refractivity contribution < 1.29 is 19.0 Å². The van der Waals surface area contributed by atoms with Crippen LogP contribution >= 0.6 is 0 Å². The second-order valence-corrected chi connectivity index (χ2v) is 7.42. The summed E-state index contributed by atoms with van der Waals surface area (Å²) in [5, 5.41) is 6.08. The topological polar surface area (TPSA) is 84.4 Å². The number of anilines is 2. The number of carbonyl (C=O) groups is 1. The van der Waals surface area contributed by atoms with Gasteiger partial charge in [0.05, 0.1) is 26.9 Å². The number of aliphatic imine (C=N–C) groups is 1. The second-order valence-electron chi connectivity index (χ2n) is 7.42. The van der Waals surface area contributed by atoms with Crippen LogP contribution in [0.15, 0.2) is 47.5 Å². The molecule has 1 atom stereocenters. The van der Waals surface area contributed by atoms with E-state index in [-0.39, 0.29) is 12.0 Å². The van der Waals surface area contributed by atoms with Gasteiger partial charge >= 0.3 is 0 Å². The number of guanidine groups is 1. The van der Waals surface area contributed by atoms with Gasteiger partial charge in [-0.3, -0.25) is 10.1 Å². The third kappa shape index (κ3) is 6.11. The predicted molar refractivity (Wildman–Crippen MR) is 123 cm³/mol. The van der Waals surface area contributed by atoms with Gasteiger partial charge in [0.25, 0.3) is 5.91 Å². The lowest BCUT2D eigenvalue weighted by Gasteiger charge is -2.16. The van der Waals surface area contributed by atoms with Gasteiger partial charge in [-0.05, 0) is 43.2 Å². The zero-order chi connectivity index (χ0) is 22.2. The minimum atomic E-state index is -0.247. The monoisotopic (exact) mass is 426 g/mol. The average Bonchev–Trinajstić information content (AvgIpc) is 3.31. The number of rotatable bonds is 7. The Morgan fingerprint density at radius 3 is 2.65 bits per heavy atom. The third-order valence-corrected chi connectivity index (χ3v) is 4.98. The van der Waals surface area contributed by atoms with Gasteiger partial charge < -0.3 is 24.4 Å². The average molecular weight is 427 g/mol. The highest BCUT2D eigenvalue weighted by Crippen LogP contribution is 2.29. The summed E-state index contributed by atoms with van der Waals surface area (Å²) in [6, 6.07) is 12.8. The van der Waals surface area contributed by atoms with Crippen molar-refractivity contribution in [3.63, 3.8) is 0 Å². The molecule has 31 heavy (non-hydrogen) atoms. The van der Waals surface area contributed by atoms with Crippen molar-refractivity contribution in [2.45, 2.75) is 18.9 Å². The molecule has 0 unspecified atom stereocenters. The molecule has 0 spiro atoms. The lowest BCUT2D eigenvalue weighted by molar-refractivity contribution is 0.0975. The van der Waals surface area contributed by atoms with E-state index in [1.54, 1.807) is 32.4 Å². The first-order chi connectivity index (χ1) is 15.0. The highest BCUT2D eigenvalue weighted by Gasteiger charge is 2.17. The van der Waals surface area contributed by atoms with Crippen LogP contribution in [-0.2, 0) is 4.74 Å². The van der Waals surface area contributed by atoms with E-state index < -0.39 is 0 Å². The first-order valence-electron chi connectivity index (χ1n) is 10.2. The smallest absolute Gasteiger partial charge is 0.258 e. The first-order valence-corrected chi connectivity index (χ1v) is 10.2. The van der Waals surface area contributed by atoms with Gasteiger partial charge in [0.2, 0.25) is 5.96 Å². The number of carbonyl (C=O) groups excluding carboxylic acids is 1. The molecule has 0 radical (unpaired) electrons. The number of amides is 1. The zero-order valence-corrected chi connectivity index (χ0v) is 18.5. The highest BCUT2D eigenvalue weighted by atomic mass is 16.5. The van der Waals surface area contributed by atoms with Gasteiger partial charge in [-0.25, -0.2) is 4.99 Å². The molecule has 8 nitrogen and oxygen atoms in total. The first kappa shape index (κ1) is 22.4. The van der Waals surface area contributed by atoms with Crippen molar-refractivity contribution in [1.82, 2.24) is 5.32 Å². The molecule has 2 N–H and O–H groups in total. The number of ether oxygens (including phenoxy) is 3. The van der Waals surface area contributed by atoms with Crippen LogP contribution in [0.4, 0.5) is 11.4 Å². The van der Waals surface area contributed by atoms with E-state index in [1.165, 1.54) is 0 Å². The van der Waals surface area contributed by atoms with E-state index in [9.17, 15) is 4.79 Å². The Morgan fingerprint density at radius 2 is 1.97 bits per heavy atom. The van der Waals surface area contributed by atoms with Crippen LogP contribution in [0.25, 0.3) is 0 Å². The molecule has 1 fully saturated rings. The molecule has 2 aromatic rings. The van der Waals surface area contributed by atoms with E-state index in [0.717, 1.165) is 25.1 Å². The van der Waals surface area contributed by atoms with Crippen LogP contribution in [0, 0.1) is 0 Å². The maximum absolute atomic E-state index is 12.9. The Hall–Kier alpha value is -3.26. The second kappa shape index (κ2) is 10.7. The standard InChI is InChI=1S/C23H30N4O4/c1-27(2)18-8-5-7-16(13-18)22(28)26-23(24-15-19-9-6-12-31-19)25-17-10-11-20(29-3)21(14-17)30-4/h5,7-8,10-11,13-14,19H,6,9,12,15H2,1-4H3,(H2,24,25,26,28)/t19-/m1/s1. The molecular formula is C23H30N4O4. The summed E-state index contributed by atoms with van der Waals surface area (Å²) >= 11 is 0. The summed E-state index contributed by atoms with van der Waals surface area (Å²) in [6.45, 7) is 1.22. The molecule has 3 rings (SSSR count). The number of nitrogens with one attached hydrogen (secondary N) is 2. The largest absolute Gasteiger partial charge is 0.493 e. The van der Waals surface area contributed by atoms with Gasteiger partial charge in [-0.15, -0.1) is 0 Å². The van der Waals surface area contributed by atoms with Crippen LogP contribution < -0.4 is 25.0 Å². The van der Waals surface area contributed by atoms with E-state index >= 15 is 0 Å². The lowest BCUT2D eigenvalue weighted by Crippen LogP contribution is -2.36. The van der Waals surface area contributed by atoms with Crippen LogP contribution in [0.3, 0.4) is 0 Å². The predicted octanol–water partition coefficient (Wildman–Crippen LogP) is 3.15. The number of methoxy groups -OCH3 is 2. The van der Waals surface area contributed by atoms with Crippen LogP contribution in [0.5, 0.6) is 11.5 Å². The minimum Gasteiger partial charge on any atom is -0.493 e. The van der Waals surface area contributed by atoms with E-state index in [0.29, 0.717) is 35.3 Å². The molecule has 166 valence electrons. The molecule has 1 heterocycles. The molecule has 2 aromatic carbocycles. The summed E-state index contributed by atoms with van der Waals surface area (Å²) in [5.74, 6) is 1.30. The van der Waals surface area contributed by atoms with Gasteiger partial charge in [-0.1, -0.05) is 6.07 Å². The van der Waals surface area contributed by atoms with Crippen molar-refractivity contribution in [1.29, 1.82) is 0 Å². The van der Waals surface area contributed by atoms with Crippen LogP contribution in [0.1, 0.15) is 23.2 Å². The minimum absolute atomic E-state index is 0.0659. The highest BCUT2D eigenvalue weighted by molar-refractivity contribution is 6.10. The molecular weight excluding hydrogens is 396 g/mol. The molecule has 1 aliphatic rings. The molecule has 0 aliphatic carbocycles. The van der Waals surface area contributed by atoms with Gasteiger partial charge in [0.15, 0.2) is 11.5 Å². The number of benzene rings is 2. The van der Waals surface area contributed by atoms with E-state index in [2.05, 4.69) is 15.6 Å². The quantitative estimate of drug-likeness (QED) is 0.523. The Balaban J connectivity index is 1.80. The summed E-state index contributed by atoms with van der Waals surface area (Å²) in [5.41, 5.74) is 2.20.